The molecule has 110 valence electrons. The average molecular weight is 289 g/mol. The van der Waals surface area contributed by atoms with E-state index in [9.17, 15) is 15.2 Å². The Balaban J connectivity index is 2.00. The van der Waals surface area contributed by atoms with E-state index in [1.54, 1.807) is 12.3 Å². The fourth-order valence-electron chi connectivity index (χ4n) is 2.54. The lowest BCUT2D eigenvalue weighted by Crippen LogP contribution is -2.35. The van der Waals surface area contributed by atoms with E-state index in [-0.39, 0.29) is 17.0 Å². The van der Waals surface area contributed by atoms with Crippen LogP contribution in [0.2, 0.25) is 0 Å². The minimum atomic E-state index is -0.606. The molecule has 0 atom stereocenters. The highest BCUT2D eigenvalue weighted by Crippen LogP contribution is 2.34. The predicted molar refractivity (Wildman–Crippen MR) is 76.2 cm³/mol. The second kappa shape index (κ2) is 5.63. The molecule has 0 unspecified atom stereocenters. The minimum Gasteiger partial charge on any atom is -0.501 e. The van der Waals surface area contributed by atoms with Crippen LogP contribution in [0.3, 0.4) is 0 Å². The van der Waals surface area contributed by atoms with Gasteiger partial charge in [0, 0.05) is 37.3 Å². The van der Waals surface area contributed by atoms with Gasteiger partial charge in [0.25, 0.3) is 0 Å². The summed E-state index contributed by atoms with van der Waals surface area (Å²) in [7, 11) is 0. The first-order chi connectivity index (χ1) is 10.2. The van der Waals surface area contributed by atoms with Crippen LogP contribution in [0.25, 0.3) is 10.9 Å². The van der Waals surface area contributed by atoms with Gasteiger partial charge in [-0.05, 0) is 17.7 Å². The van der Waals surface area contributed by atoms with E-state index in [4.69, 9.17) is 4.74 Å². The van der Waals surface area contributed by atoms with E-state index in [0.717, 1.165) is 24.0 Å². The molecule has 2 heterocycles. The van der Waals surface area contributed by atoms with Crippen molar-refractivity contribution in [2.24, 2.45) is 0 Å². The molecule has 0 bridgehead atoms. The lowest BCUT2D eigenvalue weighted by atomic mass is 10.1. The highest BCUT2D eigenvalue weighted by atomic mass is 16.6. The van der Waals surface area contributed by atoms with Crippen LogP contribution in [0.4, 0.5) is 5.69 Å². The Bertz CT molecular complexity index is 683. The summed E-state index contributed by atoms with van der Waals surface area (Å²) in [5.41, 5.74) is 0.945. The summed E-state index contributed by atoms with van der Waals surface area (Å²) in [6, 6.07) is 4.85. The van der Waals surface area contributed by atoms with Gasteiger partial charge in [-0.15, -0.1) is 0 Å². The zero-order chi connectivity index (χ0) is 14.8. The number of hydrogen-bond acceptors (Lipinski definition) is 6. The van der Waals surface area contributed by atoms with Crippen LogP contribution in [0, 0.1) is 10.1 Å². The first-order valence-electron chi connectivity index (χ1n) is 6.71. The largest absolute Gasteiger partial charge is 0.501 e. The lowest BCUT2D eigenvalue weighted by molar-refractivity contribution is -0.385. The van der Waals surface area contributed by atoms with E-state index in [1.165, 1.54) is 6.07 Å². The Kier molecular flexibility index (Phi) is 3.68. The predicted octanol–water partition coefficient (Wildman–Crippen LogP) is 1.68. The van der Waals surface area contributed by atoms with Gasteiger partial charge in [0.15, 0.2) is 0 Å². The molecule has 7 nitrogen and oxygen atoms in total. The molecule has 0 amide bonds. The highest BCUT2D eigenvalue weighted by molar-refractivity contribution is 5.90. The summed E-state index contributed by atoms with van der Waals surface area (Å²) in [5, 5.41) is 21.6. The number of hydrogen-bond donors (Lipinski definition) is 1. The van der Waals surface area contributed by atoms with Crippen LogP contribution < -0.4 is 0 Å². The molecule has 1 aromatic carbocycles. The first kappa shape index (κ1) is 13.7. The van der Waals surface area contributed by atoms with Crippen molar-refractivity contribution in [2.75, 3.05) is 26.3 Å². The number of nitro benzene ring substituents is 1. The number of rotatable bonds is 3. The molecule has 0 saturated carbocycles. The van der Waals surface area contributed by atoms with Crippen molar-refractivity contribution in [3.63, 3.8) is 0 Å². The van der Waals surface area contributed by atoms with Crippen molar-refractivity contribution in [1.82, 2.24) is 9.88 Å². The van der Waals surface area contributed by atoms with E-state index in [1.807, 2.05) is 6.07 Å². The van der Waals surface area contributed by atoms with Crippen LogP contribution in [-0.4, -0.2) is 46.2 Å². The maximum absolute atomic E-state index is 10.9. The maximum Gasteiger partial charge on any atom is 0.313 e. The van der Waals surface area contributed by atoms with Crippen LogP contribution in [0.5, 0.6) is 5.75 Å². The van der Waals surface area contributed by atoms with Crippen LogP contribution in [-0.2, 0) is 11.3 Å². The summed E-state index contributed by atoms with van der Waals surface area (Å²) in [4.78, 5) is 16.6. The summed E-state index contributed by atoms with van der Waals surface area (Å²) >= 11 is 0. The number of aromatic nitrogens is 1. The summed E-state index contributed by atoms with van der Waals surface area (Å²) in [5.74, 6) is -0.374. The topological polar surface area (TPSA) is 88.7 Å². The van der Waals surface area contributed by atoms with Crippen LogP contribution >= 0.6 is 0 Å². The summed E-state index contributed by atoms with van der Waals surface area (Å²) < 4.78 is 5.32. The molecule has 1 saturated heterocycles. The van der Waals surface area contributed by atoms with Crippen LogP contribution in [0.15, 0.2) is 24.4 Å². The zero-order valence-corrected chi connectivity index (χ0v) is 11.4. The average Bonchev–Trinajstić information content (AvgIpc) is 2.49. The third kappa shape index (κ3) is 2.65. The number of nitro groups is 1. The van der Waals surface area contributed by atoms with E-state index >= 15 is 0 Å². The quantitative estimate of drug-likeness (QED) is 0.683. The molecule has 7 heteroatoms. The second-order valence-corrected chi connectivity index (χ2v) is 4.95. The molecule has 0 spiro atoms. The normalized spacial score (nSPS) is 16.2. The molecule has 1 aromatic heterocycles. The fourth-order valence-corrected chi connectivity index (χ4v) is 2.54. The molecule has 0 radical (unpaired) electrons. The van der Waals surface area contributed by atoms with Crippen molar-refractivity contribution in [3.05, 3.63) is 40.1 Å². The Labute approximate surface area is 120 Å². The Morgan fingerprint density at radius 2 is 2.10 bits per heavy atom. The van der Waals surface area contributed by atoms with Crippen LogP contribution in [0.1, 0.15) is 5.56 Å². The summed E-state index contributed by atoms with van der Waals surface area (Å²) in [6.07, 6.45) is 1.57. The number of morpholine rings is 1. The number of aromatic hydroxyl groups is 1. The molecule has 0 aliphatic carbocycles. The molecule has 1 N–H and O–H groups in total. The number of phenols is 1. The molecular formula is C14H15N3O4. The number of phenolic OH excluding ortho intramolecular Hbond substituents is 1. The molecular weight excluding hydrogens is 274 g/mol. The van der Waals surface area contributed by atoms with E-state index < -0.39 is 4.92 Å². The SMILES string of the molecule is O=[N+]([O-])c1ccc2c(CN3CCOCC3)ccnc2c1O. The van der Waals surface area contributed by atoms with Crippen molar-refractivity contribution in [3.8, 4) is 5.75 Å². The number of ether oxygens (including phenoxy) is 1. The van der Waals surface area contributed by atoms with Crippen molar-refractivity contribution in [2.45, 2.75) is 6.54 Å². The van der Waals surface area contributed by atoms with Gasteiger partial charge in [0.05, 0.1) is 18.1 Å². The second-order valence-electron chi connectivity index (χ2n) is 4.95. The smallest absolute Gasteiger partial charge is 0.313 e. The van der Waals surface area contributed by atoms with Gasteiger partial charge < -0.3 is 9.84 Å². The van der Waals surface area contributed by atoms with E-state index in [2.05, 4.69) is 9.88 Å². The lowest BCUT2D eigenvalue weighted by Gasteiger charge is -2.26. The zero-order valence-electron chi connectivity index (χ0n) is 11.4. The Hall–Kier alpha value is -2.25. The standard InChI is InChI=1S/C14H15N3O4/c18-14-12(17(19)20)2-1-11-10(3-4-15-13(11)14)9-16-5-7-21-8-6-16/h1-4,18H,5-9H2. The number of benzene rings is 1. The fraction of sp³-hybridized carbons (Fsp3) is 0.357. The molecule has 1 fully saturated rings. The number of nitrogens with zero attached hydrogens (tertiary/aromatic N) is 3. The Morgan fingerprint density at radius 1 is 1.33 bits per heavy atom. The third-order valence-corrected chi connectivity index (χ3v) is 3.65. The van der Waals surface area contributed by atoms with Crippen molar-refractivity contribution < 1.29 is 14.8 Å². The highest BCUT2D eigenvalue weighted by Gasteiger charge is 2.19. The summed E-state index contributed by atoms with van der Waals surface area (Å²) in [6.45, 7) is 3.82. The van der Waals surface area contributed by atoms with Crippen molar-refractivity contribution in [1.29, 1.82) is 0 Å². The minimum absolute atomic E-state index is 0.273. The van der Waals surface area contributed by atoms with Gasteiger partial charge in [-0.3, -0.25) is 20.0 Å². The van der Waals surface area contributed by atoms with Gasteiger partial charge in [-0.2, -0.15) is 0 Å². The van der Waals surface area contributed by atoms with Gasteiger partial charge in [0.2, 0.25) is 5.75 Å². The van der Waals surface area contributed by atoms with Gasteiger partial charge >= 0.3 is 5.69 Å². The Morgan fingerprint density at radius 3 is 2.81 bits per heavy atom. The van der Waals surface area contributed by atoms with Gasteiger partial charge in [-0.25, -0.2) is 0 Å². The van der Waals surface area contributed by atoms with Crippen molar-refractivity contribution >= 4 is 16.6 Å². The number of pyridine rings is 1. The molecule has 3 rings (SSSR count). The monoisotopic (exact) mass is 289 g/mol. The first-order valence-corrected chi connectivity index (χ1v) is 6.71. The molecule has 21 heavy (non-hydrogen) atoms. The number of fused-ring (bicyclic) bond motifs is 1. The maximum atomic E-state index is 10.9. The van der Waals surface area contributed by atoms with E-state index in [0.29, 0.717) is 19.8 Å². The molecule has 1 aliphatic heterocycles. The van der Waals surface area contributed by atoms with Gasteiger partial charge in [0.1, 0.15) is 5.52 Å². The molecule has 1 aliphatic rings. The molecule has 2 aromatic rings. The third-order valence-electron chi connectivity index (χ3n) is 3.65. The van der Waals surface area contributed by atoms with Gasteiger partial charge in [-0.1, -0.05) is 0 Å².